The molecule has 0 unspecified atom stereocenters. The maximum Gasteiger partial charge on any atom is 0 e. The van der Waals surface area contributed by atoms with E-state index in [0.29, 0.717) is 0 Å². The summed E-state index contributed by atoms with van der Waals surface area (Å²) >= 11 is 0. The third-order valence-corrected chi connectivity index (χ3v) is 2.73. The zero-order valence-electron chi connectivity index (χ0n) is 12.9. The van der Waals surface area contributed by atoms with Gasteiger partial charge in [0.25, 0.3) is 0 Å². The Kier molecular flexibility index (Phi) is 7.95. The number of hydrogen-bond acceptors (Lipinski definition) is 0. The van der Waals surface area contributed by atoms with Crippen molar-refractivity contribution in [3.8, 4) is 0 Å². The fraction of sp³-hybridized carbons (Fsp3) is 0.333. The second-order valence-electron chi connectivity index (χ2n) is 5.33. The minimum Gasteiger partial charge on any atom is -0.0564 e. The van der Waals surface area contributed by atoms with Crippen molar-refractivity contribution in [3.05, 3.63) is 69.8 Å². The Bertz CT molecular complexity index is 377. The maximum absolute atomic E-state index is 2.19. The van der Waals surface area contributed by atoms with Crippen molar-refractivity contribution in [1.82, 2.24) is 0 Å². The SMILES string of the molecule is Cc1cc(C)cc(C)c1.Cc1cc(C)cc(C)c1.[W]. The third-order valence-electron chi connectivity index (χ3n) is 2.73. The van der Waals surface area contributed by atoms with Gasteiger partial charge in [-0.05, 0) is 41.5 Å². The summed E-state index contributed by atoms with van der Waals surface area (Å²) in [5.41, 5.74) is 8.13. The van der Waals surface area contributed by atoms with Crippen LogP contribution >= 0.6 is 0 Å². The quantitative estimate of drug-likeness (QED) is 0.544. The summed E-state index contributed by atoms with van der Waals surface area (Å²) < 4.78 is 0. The molecule has 0 saturated carbocycles. The van der Waals surface area contributed by atoms with E-state index in [0.717, 1.165) is 0 Å². The summed E-state index contributed by atoms with van der Waals surface area (Å²) in [7, 11) is 0. The van der Waals surface area contributed by atoms with Crippen molar-refractivity contribution in [2.45, 2.75) is 41.5 Å². The van der Waals surface area contributed by atoms with Gasteiger partial charge in [-0.2, -0.15) is 0 Å². The average Bonchev–Trinajstić information content (AvgIpc) is 2.12. The summed E-state index contributed by atoms with van der Waals surface area (Å²) in [5, 5.41) is 0. The van der Waals surface area contributed by atoms with Crippen LogP contribution in [0.2, 0.25) is 0 Å². The van der Waals surface area contributed by atoms with Gasteiger partial charge in [0.05, 0.1) is 0 Å². The van der Waals surface area contributed by atoms with Crippen molar-refractivity contribution in [3.63, 3.8) is 0 Å². The predicted molar refractivity (Wildman–Crippen MR) is 81.3 cm³/mol. The van der Waals surface area contributed by atoms with E-state index in [1.54, 1.807) is 0 Å². The van der Waals surface area contributed by atoms with Crippen LogP contribution in [0, 0.1) is 41.5 Å². The number of aryl methyl sites for hydroxylation is 6. The van der Waals surface area contributed by atoms with Crippen molar-refractivity contribution < 1.29 is 21.1 Å². The van der Waals surface area contributed by atoms with E-state index in [4.69, 9.17) is 0 Å². The molecule has 0 radical (unpaired) electrons. The van der Waals surface area contributed by atoms with Gasteiger partial charge in [-0.25, -0.2) is 0 Å². The molecule has 0 nitrogen and oxygen atoms in total. The minimum absolute atomic E-state index is 0. The second kappa shape index (κ2) is 8.33. The summed E-state index contributed by atoms with van der Waals surface area (Å²) in [6.45, 7) is 12.8. The smallest absolute Gasteiger partial charge is 0 e. The van der Waals surface area contributed by atoms with Gasteiger partial charge in [0.1, 0.15) is 0 Å². The molecule has 0 heterocycles. The van der Waals surface area contributed by atoms with Gasteiger partial charge in [0.2, 0.25) is 0 Å². The van der Waals surface area contributed by atoms with Crippen LogP contribution in [0.1, 0.15) is 33.4 Å². The number of benzene rings is 2. The molecule has 2 aromatic carbocycles. The van der Waals surface area contributed by atoms with Crippen LogP contribution in [0.5, 0.6) is 0 Å². The zero-order chi connectivity index (χ0) is 13.7. The third kappa shape index (κ3) is 7.33. The standard InChI is InChI=1S/2C9H12.W/c2*1-7-4-8(2)6-9(3)5-7;/h2*4-6H,1-3H3;. The topological polar surface area (TPSA) is 0 Å². The van der Waals surface area contributed by atoms with Crippen LogP contribution < -0.4 is 0 Å². The Morgan fingerprint density at radius 3 is 0.579 bits per heavy atom. The van der Waals surface area contributed by atoms with Gasteiger partial charge in [0, 0.05) is 21.1 Å². The molecule has 102 valence electrons. The normalized spacial score (nSPS) is 9.16. The molecule has 0 aliphatic heterocycles. The molecule has 0 N–H and O–H groups in total. The van der Waals surface area contributed by atoms with Gasteiger partial charge < -0.3 is 0 Å². The Hall–Kier alpha value is -0.872. The fourth-order valence-corrected chi connectivity index (χ4v) is 2.40. The Morgan fingerprint density at radius 2 is 0.474 bits per heavy atom. The summed E-state index contributed by atoms with van der Waals surface area (Å²) in [6.07, 6.45) is 0. The van der Waals surface area contributed by atoms with Gasteiger partial charge in [-0.15, -0.1) is 0 Å². The molecule has 2 aromatic rings. The molecule has 0 amide bonds. The number of hydrogen-bond donors (Lipinski definition) is 0. The molecule has 0 bridgehead atoms. The first-order valence-corrected chi connectivity index (χ1v) is 6.46. The van der Waals surface area contributed by atoms with Crippen LogP contribution in [0.3, 0.4) is 0 Å². The van der Waals surface area contributed by atoms with E-state index >= 15 is 0 Å². The molecular weight excluding hydrogens is 400 g/mol. The summed E-state index contributed by atoms with van der Waals surface area (Å²) in [5.74, 6) is 0. The second-order valence-corrected chi connectivity index (χ2v) is 5.33. The van der Waals surface area contributed by atoms with Gasteiger partial charge >= 0.3 is 0 Å². The molecule has 2 rings (SSSR count). The van der Waals surface area contributed by atoms with E-state index in [9.17, 15) is 0 Å². The molecule has 0 aliphatic carbocycles. The molecule has 1 heteroatoms. The van der Waals surface area contributed by atoms with Gasteiger partial charge in [-0.1, -0.05) is 69.8 Å². The molecule has 0 fully saturated rings. The first kappa shape index (κ1) is 18.1. The maximum atomic E-state index is 2.19. The van der Waals surface area contributed by atoms with Crippen molar-refractivity contribution in [2.24, 2.45) is 0 Å². The number of rotatable bonds is 0. The average molecular weight is 424 g/mol. The molecule has 0 spiro atoms. The zero-order valence-corrected chi connectivity index (χ0v) is 15.8. The summed E-state index contributed by atoms with van der Waals surface area (Å²) in [6, 6.07) is 13.1. The Labute approximate surface area is 132 Å². The fourth-order valence-electron chi connectivity index (χ4n) is 2.40. The molecule has 0 saturated heterocycles. The Morgan fingerprint density at radius 1 is 0.368 bits per heavy atom. The molecule has 0 aliphatic rings. The van der Waals surface area contributed by atoms with Gasteiger partial charge in [0.15, 0.2) is 0 Å². The van der Waals surface area contributed by atoms with E-state index in [2.05, 4.69) is 77.9 Å². The van der Waals surface area contributed by atoms with Crippen LogP contribution in [-0.4, -0.2) is 0 Å². The molecule has 0 aromatic heterocycles. The minimum atomic E-state index is 0. The largest absolute Gasteiger partial charge is 0.0564 e. The first-order valence-electron chi connectivity index (χ1n) is 6.46. The summed E-state index contributed by atoms with van der Waals surface area (Å²) in [4.78, 5) is 0. The van der Waals surface area contributed by atoms with Crippen LogP contribution in [-0.2, 0) is 21.1 Å². The van der Waals surface area contributed by atoms with Crippen molar-refractivity contribution >= 4 is 0 Å². The van der Waals surface area contributed by atoms with E-state index in [1.165, 1.54) is 33.4 Å². The van der Waals surface area contributed by atoms with Crippen molar-refractivity contribution in [2.75, 3.05) is 0 Å². The van der Waals surface area contributed by atoms with E-state index in [1.807, 2.05) is 0 Å². The van der Waals surface area contributed by atoms with E-state index in [-0.39, 0.29) is 21.1 Å². The molecule has 0 atom stereocenters. The first-order chi connectivity index (χ1) is 8.36. The monoisotopic (exact) mass is 424 g/mol. The Balaban J connectivity index is 0.000000324. The molecule has 19 heavy (non-hydrogen) atoms. The van der Waals surface area contributed by atoms with Gasteiger partial charge in [-0.3, -0.25) is 0 Å². The van der Waals surface area contributed by atoms with E-state index < -0.39 is 0 Å². The molecular formula is C18H24W. The van der Waals surface area contributed by atoms with Crippen LogP contribution in [0.25, 0.3) is 0 Å². The van der Waals surface area contributed by atoms with Crippen molar-refractivity contribution in [1.29, 1.82) is 0 Å². The van der Waals surface area contributed by atoms with Crippen LogP contribution in [0.15, 0.2) is 36.4 Å². The predicted octanol–water partition coefficient (Wildman–Crippen LogP) is 5.22. The van der Waals surface area contributed by atoms with Crippen LogP contribution in [0.4, 0.5) is 0 Å².